The van der Waals surface area contributed by atoms with E-state index in [4.69, 9.17) is 16.3 Å². The lowest BCUT2D eigenvalue weighted by atomic mass is 9.85. The number of hydrogen-bond donors (Lipinski definition) is 0. The molecule has 3 aromatic rings. The summed E-state index contributed by atoms with van der Waals surface area (Å²) >= 11 is 6.28. The van der Waals surface area contributed by atoms with Crippen LogP contribution < -0.4 is 4.74 Å². The molecule has 0 radical (unpaired) electrons. The first-order chi connectivity index (χ1) is 19.7. The van der Waals surface area contributed by atoms with Gasteiger partial charge < -0.3 is 4.74 Å². The van der Waals surface area contributed by atoms with Crippen molar-refractivity contribution in [3.8, 4) is 11.5 Å². The predicted octanol–water partition coefficient (Wildman–Crippen LogP) is 5.09. The second-order valence-corrected chi connectivity index (χ2v) is 10.5. The Morgan fingerprint density at radius 3 is 2.02 bits per heavy atom. The number of halogens is 1. The highest BCUT2D eigenvalue weighted by Crippen LogP contribution is 2.52. The van der Waals surface area contributed by atoms with Crippen molar-refractivity contribution in [2.24, 2.45) is 23.7 Å². The lowest BCUT2D eigenvalue weighted by Crippen LogP contribution is -2.52. The van der Waals surface area contributed by atoms with Crippen LogP contribution in [0.3, 0.4) is 0 Å². The Balaban J connectivity index is 1.24. The molecule has 0 aromatic heterocycles. The third-order valence-corrected chi connectivity index (χ3v) is 8.11. The van der Waals surface area contributed by atoms with Gasteiger partial charge in [0.25, 0.3) is 23.4 Å². The van der Waals surface area contributed by atoms with Gasteiger partial charge in [-0.2, -0.15) is 5.01 Å². The standard InChI is InChI=1S/C30H22ClN3O7/c31-24-4-2-1-3-23(24)28(36)32(33-29(37)26-18-5-6-19(15-18)27(26)30(33)38)16-25(35)17-7-11-21(12-8-17)41-22-13-9-20(10-14-22)34(39)40/h1-14,18-19,26-27H,15-16H2/t18-,19-,26-,27+/m0/s1. The maximum atomic E-state index is 13.7. The average Bonchev–Trinajstić information content (AvgIpc) is 3.66. The van der Waals surface area contributed by atoms with Gasteiger partial charge in [-0.25, -0.2) is 5.01 Å². The van der Waals surface area contributed by atoms with Crippen molar-refractivity contribution in [1.82, 2.24) is 10.0 Å². The molecule has 10 nitrogen and oxygen atoms in total. The van der Waals surface area contributed by atoms with Crippen LogP contribution in [-0.4, -0.2) is 45.0 Å². The van der Waals surface area contributed by atoms with Gasteiger partial charge in [0.1, 0.15) is 18.0 Å². The highest BCUT2D eigenvalue weighted by molar-refractivity contribution is 6.34. The van der Waals surface area contributed by atoms with E-state index in [0.717, 1.165) is 16.4 Å². The van der Waals surface area contributed by atoms with Gasteiger partial charge in [0.15, 0.2) is 5.78 Å². The van der Waals surface area contributed by atoms with Gasteiger partial charge in [-0.1, -0.05) is 35.9 Å². The molecule has 1 aliphatic heterocycles. The Hall–Kier alpha value is -4.83. The number of carbonyl (C=O) groups excluding carboxylic acids is 4. The normalized spacial score (nSPS) is 22.1. The molecule has 4 atom stereocenters. The summed E-state index contributed by atoms with van der Waals surface area (Å²) < 4.78 is 5.70. The summed E-state index contributed by atoms with van der Waals surface area (Å²) in [7, 11) is 0. The molecule has 41 heavy (non-hydrogen) atoms. The first-order valence-corrected chi connectivity index (χ1v) is 13.3. The smallest absolute Gasteiger partial charge is 0.274 e. The van der Waals surface area contributed by atoms with Crippen molar-refractivity contribution in [3.05, 3.63) is 111 Å². The van der Waals surface area contributed by atoms with Gasteiger partial charge in [-0.15, -0.1) is 0 Å². The summed E-state index contributed by atoms with van der Waals surface area (Å²) in [6.45, 7) is -0.563. The molecular formula is C30H22ClN3O7. The predicted molar refractivity (Wildman–Crippen MR) is 146 cm³/mol. The summed E-state index contributed by atoms with van der Waals surface area (Å²) in [6.07, 6.45) is 4.63. The minimum atomic E-state index is -0.732. The quantitative estimate of drug-likeness (QED) is 0.121. The number of carbonyl (C=O) groups is 4. The topological polar surface area (TPSA) is 127 Å². The largest absolute Gasteiger partial charge is 0.457 e. The van der Waals surface area contributed by atoms with E-state index in [1.165, 1.54) is 60.7 Å². The van der Waals surface area contributed by atoms with Crippen molar-refractivity contribution in [2.75, 3.05) is 6.54 Å². The number of Topliss-reactive ketones (excluding diaryl/α,β-unsaturated/α-hetero) is 1. The number of non-ortho nitro benzene ring substituents is 1. The SMILES string of the molecule is O=C(CN(C(=O)c1ccccc1Cl)N1C(=O)[C@@H]2[C@H](C1=O)[C@H]1C=C[C@H]2C1)c1ccc(Oc2ccc([N+](=O)[O-])cc2)cc1. The van der Waals surface area contributed by atoms with E-state index in [1.54, 1.807) is 12.1 Å². The van der Waals surface area contributed by atoms with E-state index in [1.807, 2.05) is 12.2 Å². The number of nitro benzene ring substituents is 1. The summed E-state index contributed by atoms with van der Waals surface area (Å²) in [6, 6.07) is 17.8. The first kappa shape index (κ1) is 26.4. The second kappa shape index (κ2) is 10.3. The van der Waals surface area contributed by atoms with Crippen LogP contribution in [-0.2, 0) is 9.59 Å². The molecule has 3 aromatic carbocycles. The van der Waals surface area contributed by atoms with Crippen LogP contribution >= 0.6 is 11.6 Å². The fourth-order valence-corrected chi connectivity index (χ4v) is 6.06. The average molecular weight is 572 g/mol. The van der Waals surface area contributed by atoms with Crippen LogP contribution in [0, 0.1) is 33.8 Å². The molecular weight excluding hydrogens is 550 g/mol. The molecule has 2 bridgehead atoms. The lowest BCUT2D eigenvalue weighted by molar-refractivity contribution is -0.384. The van der Waals surface area contributed by atoms with Crippen molar-refractivity contribution >= 4 is 40.8 Å². The number of nitrogens with zero attached hydrogens (tertiary/aromatic N) is 3. The number of allylic oxidation sites excluding steroid dienone is 2. The van der Waals surface area contributed by atoms with Gasteiger partial charge in [0, 0.05) is 17.7 Å². The number of fused-ring (bicyclic) bond motifs is 5. The Morgan fingerprint density at radius 2 is 1.46 bits per heavy atom. The minimum absolute atomic E-state index is 0.0626. The number of benzene rings is 3. The Labute approximate surface area is 238 Å². The van der Waals surface area contributed by atoms with Crippen molar-refractivity contribution < 1.29 is 28.8 Å². The molecule has 1 heterocycles. The molecule has 1 saturated carbocycles. The maximum Gasteiger partial charge on any atom is 0.274 e. The zero-order valence-corrected chi connectivity index (χ0v) is 22.1. The van der Waals surface area contributed by atoms with Crippen molar-refractivity contribution in [3.63, 3.8) is 0 Å². The molecule has 0 N–H and O–H groups in total. The summed E-state index contributed by atoms with van der Waals surface area (Å²) in [5, 5.41) is 12.7. The van der Waals surface area contributed by atoms with Crippen LogP contribution in [0.4, 0.5) is 5.69 Å². The first-order valence-electron chi connectivity index (χ1n) is 12.9. The van der Waals surface area contributed by atoms with Crippen molar-refractivity contribution in [2.45, 2.75) is 6.42 Å². The zero-order valence-electron chi connectivity index (χ0n) is 21.4. The number of imide groups is 1. The third kappa shape index (κ3) is 4.66. The summed E-state index contributed by atoms with van der Waals surface area (Å²) in [5.41, 5.74) is 0.211. The van der Waals surface area contributed by atoms with E-state index in [-0.39, 0.29) is 33.7 Å². The fraction of sp³-hybridized carbons (Fsp3) is 0.200. The van der Waals surface area contributed by atoms with Crippen LogP contribution in [0.15, 0.2) is 84.9 Å². The van der Waals surface area contributed by atoms with Gasteiger partial charge in [0.05, 0.1) is 27.3 Å². The molecule has 206 valence electrons. The summed E-state index contributed by atoms with van der Waals surface area (Å²) in [5.74, 6) is -2.71. The number of hydrazine groups is 1. The fourth-order valence-electron chi connectivity index (χ4n) is 5.84. The van der Waals surface area contributed by atoms with E-state index in [0.29, 0.717) is 11.5 Å². The highest BCUT2D eigenvalue weighted by Gasteiger charge is 2.61. The summed E-state index contributed by atoms with van der Waals surface area (Å²) in [4.78, 5) is 64.5. The maximum absolute atomic E-state index is 13.7. The van der Waals surface area contributed by atoms with Crippen LogP contribution in [0.1, 0.15) is 27.1 Å². The molecule has 2 aliphatic carbocycles. The zero-order chi connectivity index (χ0) is 28.8. The van der Waals surface area contributed by atoms with Crippen LogP contribution in [0.5, 0.6) is 11.5 Å². The Kier molecular flexibility index (Phi) is 6.63. The molecule has 0 spiro atoms. The van der Waals surface area contributed by atoms with E-state index < -0.39 is 46.8 Å². The third-order valence-electron chi connectivity index (χ3n) is 7.78. The molecule has 0 unspecified atom stereocenters. The van der Waals surface area contributed by atoms with Gasteiger partial charge in [-0.05, 0) is 66.8 Å². The molecule has 3 amide bonds. The van der Waals surface area contributed by atoms with Crippen molar-refractivity contribution in [1.29, 1.82) is 0 Å². The number of ether oxygens (including phenoxy) is 1. The molecule has 1 saturated heterocycles. The Morgan fingerprint density at radius 1 is 0.902 bits per heavy atom. The second-order valence-electron chi connectivity index (χ2n) is 10.1. The molecule has 11 heteroatoms. The Bertz CT molecular complexity index is 1590. The van der Waals surface area contributed by atoms with E-state index >= 15 is 0 Å². The number of amides is 3. The highest BCUT2D eigenvalue weighted by atomic mass is 35.5. The van der Waals surface area contributed by atoms with Crippen LogP contribution in [0.2, 0.25) is 5.02 Å². The number of hydrogen-bond acceptors (Lipinski definition) is 7. The lowest BCUT2D eigenvalue weighted by Gasteiger charge is -2.31. The number of rotatable bonds is 8. The minimum Gasteiger partial charge on any atom is -0.457 e. The molecule has 6 rings (SSSR count). The van der Waals surface area contributed by atoms with Gasteiger partial charge in [-0.3, -0.25) is 29.3 Å². The van der Waals surface area contributed by atoms with Gasteiger partial charge in [0.2, 0.25) is 0 Å². The monoisotopic (exact) mass is 571 g/mol. The number of nitro groups is 1. The van der Waals surface area contributed by atoms with Crippen LogP contribution in [0.25, 0.3) is 0 Å². The molecule has 2 fully saturated rings. The van der Waals surface area contributed by atoms with E-state index in [9.17, 15) is 29.3 Å². The molecule has 3 aliphatic rings. The van der Waals surface area contributed by atoms with E-state index in [2.05, 4.69) is 0 Å². The van der Waals surface area contributed by atoms with Gasteiger partial charge >= 0.3 is 0 Å². The number of ketones is 1.